The molecular weight excluding hydrogens is 412 g/mol. The summed E-state index contributed by atoms with van der Waals surface area (Å²) in [5, 5.41) is 3.09. The maximum absolute atomic E-state index is 14.4. The number of nitrogens with two attached hydrogens (primary N) is 1. The average Bonchev–Trinajstić information content (AvgIpc) is 3.08. The van der Waals surface area contributed by atoms with Gasteiger partial charge in [0.05, 0.1) is 5.69 Å². The molecule has 1 spiro atoms. The monoisotopic (exact) mass is 435 g/mol. The highest BCUT2D eigenvalue weighted by Crippen LogP contribution is 2.54. The van der Waals surface area contributed by atoms with Crippen molar-refractivity contribution in [1.82, 2.24) is 9.97 Å². The molecule has 8 heteroatoms. The van der Waals surface area contributed by atoms with E-state index in [0.29, 0.717) is 12.2 Å². The Morgan fingerprint density at radius 1 is 1.19 bits per heavy atom. The first kappa shape index (κ1) is 19.4. The van der Waals surface area contributed by atoms with E-state index in [1.165, 1.54) is 18.2 Å². The minimum atomic E-state index is -0.394. The summed E-state index contributed by atoms with van der Waals surface area (Å²) in [4.78, 5) is 11.6. The van der Waals surface area contributed by atoms with Gasteiger partial charge >= 0.3 is 6.01 Å². The first-order chi connectivity index (χ1) is 15.5. The van der Waals surface area contributed by atoms with Gasteiger partial charge in [0.2, 0.25) is 0 Å². The summed E-state index contributed by atoms with van der Waals surface area (Å²) < 4.78 is 33.9. The second-order valence-electron chi connectivity index (χ2n) is 8.96. The van der Waals surface area contributed by atoms with Crippen LogP contribution < -0.4 is 20.7 Å². The van der Waals surface area contributed by atoms with Crippen molar-refractivity contribution in [2.45, 2.75) is 25.3 Å². The molecule has 3 aliphatic rings. The zero-order valence-electron chi connectivity index (χ0n) is 17.7. The molecule has 2 atom stereocenters. The Morgan fingerprint density at radius 2 is 2.03 bits per heavy atom. The maximum atomic E-state index is 14.4. The predicted octanol–water partition coefficient (Wildman–Crippen LogP) is 4.09. The molecule has 0 radical (unpaired) electrons. The molecule has 2 aromatic carbocycles. The Labute approximate surface area is 184 Å². The van der Waals surface area contributed by atoms with Gasteiger partial charge in [-0.05, 0) is 48.2 Å². The van der Waals surface area contributed by atoms with Crippen LogP contribution in [0.2, 0.25) is 0 Å². The lowest BCUT2D eigenvalue weighted by molar-refractivity contribution is 0.436. The normalized spacial score (nSPS) is 22.8. The largest absolute Gasteiger partial charge is 0.424 e. The fourth-order valence-corrected chi connectivity index (χ4v) is 5.15. The van der Waals surface area contributed by atoms with Crippen LogP contribution in [0.1, 0.15) is 24.1 Å². The van der Waals surface area contributed by atoms with Crippen LogP contribution in [-0.2, 0) is 6.42 Å². The molecule has 2 heterocycles. The number of aromatic nitrogens is 2. The van der Waals surface area contributed by atoms with Crippen LogP contribution in [0.4, 0.5) is 20.3 Å². The van der Waals surface area contributed by atoms with Gasteiger partial charge in [-0.15, -0.1) is 0 Å². The van der Waals surface area contributed by atoms with Gasteiger partial charge in [0.25, 0.3) is 0 Å². The second kappa shape index (κ2) is 6.87. The lowest BCUT2D eigenvalue weighted by Gasteiger charge is -2.22. The van der Waals surface area contributed by atoms with Gasteiger partial charge in [0.1, 0.15) is 23.2 Å². The highest BCUT2D eigenvalue weighted by Gasteiger charge is 2.56. The van der Waals surface area contributed by atoms with E-state index in [4.69, 9.17) is 15.5 Å². The molecule has 6 nitrogen and oxygen atoms in total. The number of nitrogens with one attached hydrogen (secondary N) is 1. The Kier molecular flexibility index (Phi) is 4.17. The van der Waals surface area contributed by atoms with Crippen LogP contribution in [0, 0.1) is 17.0 Å². The lowest BCUT2D eigenvalue weighted by atomic mass is 10.0. The number of halogens is 2. The molecule has 1 saturated carbocycles. The molecule has 1 saturated heterocycles. The van der Waals surface area contributed by atoms with Crippen molar-refractivity contribution in [3.8, 4) is 22.9 Å². The van der Waals surface area contributed by atoms with Crippen LogP contribution in [0.3, 0.4) is 0 Å². The lowest BCUT2D eigenvalue weighted by Crippen LogP contribution is -2.24. The van der Waals surface area contributed by atoms with E-state index in [1.807, 2.05) is 0 Å². The molecule has 3 N–H and O–H groups in total. The molecule has 0 bridgehead atoms. The third-order valence-electron chi connectivity index (χ3n) is 6.98. The maximum Gasteiger partial charge on any atom is 0.324 e. The van der Waals surface area contributed by atoms with E-state index in [0.717, 1.165) is 59.8 Å². The van der Waals surface area contributed by atoms with Crippen molar-refractivity contribution in [3.05, 3.63) is 59.3 Å². The first-order valence-corrected chi connectivity index (χ1v) is 10.8. The minimum Gasteiger partial charge on any atom is -0.424 e. The SMILES string of the molecule is CNc1cc(F)cc2c1Cc1nc(Oc3cccc(F)c3)nc(N3CCC4(C[C@H]4N)C3)c1-2. The minimum absolute atomic E-state index is 0.140. The standard InChI is InChI=1S/C24H23F2N5O/c1-28-18-9-14(26)8-17-16(18)10-19-21(17)22(31-6-5-24(12-31)11-20(24)27)30-23(29-19)32-15-4-2-3-13(25)7-15/h2-4,7-9,20,28H,5-6,10-12,27H2,1H3/t20-,24?/m1/s1. The third kappa shape index (κ3) is 3.01. The fraction of sp³-hybridized carbons (Fsp3) is 0.333. The van der Waals surface area contributed by atoms with E-state index >= 15 is 0 Å². The smallest absolute Gasteiger partial charge is 0.324 e. The Morgan fingerprint density at radius 3 is 2.75 bits per heavy atom. The van der Waals surface area contributed by atoms with Gasteiger partial charge < -0.3 is 20.7 Å². The number of ether oxygens (including phenoxy) is 1. The number of anilines is 2. The molecule has 3 aromatic rings. The number of fused-ring (bicyclic) bond motifs is 3. The van der Waals surface area contributed by atoms with Crippen LogP contribution in [0.25, 0.3) is 11.1 Å². The number of nitrogens with zero attached hydrogens (tertiary/aromatic N) is 3. The molecule has 2 aliphatic carbocycles. The average molecular weight is 435 g/mol. The number of benzene rings is 2. The zero-order chi connectivity index (χ0) is 22.0. The van der Waals surface area contributed by atoms with Crippen LogP contribution in [-0.4, -0.2) is 36.1 Å². The van der Waals surface area contributed by atoms with Crippen molar-refractivity contribution in [3.63, 3.8) is 0 Å². The predicted molar refractivity (Wildman–Crippen MR) is 118 cm³/mol. The molecule has 164 valence electrons. The van der Waals surface area contributed by atoms with E-state index in [9.17, 15) is 8.78 Å². The van der Waals surface area contributed by atoms with Crippen molar-refractivity contribution in [2.75, 3.05) is 30.4 Å². The molecule has 6 rings (SSSR count). The van der Waals surface area contributed by atoms with Gasteiger partial charge in [0, 0.05) is 55.3 Å². The quantitative estimate of drug-likeness (QED) is 0.503. The number of hydrogen-bond donors (Lipinski definition) is 2. The van der Waals surface area contributed by atoms with Gasteiger partial charge in [-0.3, -0.25) is 0 Å². The van der Waals surface area contributed by atoms with E-state index in [1.54, 1.807) is 25.2 Å². The van der Waals surface area contributed by atoms with Crippen LogP contribution in [0.5, 0.6) is 11.8 Å². The van der Waals surface area contributed by atoms with Gasteiger partial charge in [-0.25, -0.2) is 8.78 Å². The van der Waals surface area contributed by atoms with E-state index < -0.39 is 5.82 Å². The van der Waals surface area contributed by atoms with Crippen molar-refractivity contribution in [1.29, 1.82) is 0 Å². The van der Waals surface area contributed by atoms with Gasteiger partial charge in [-0.2, -0.15) is 9.97 Å². The Bertz CT molecular complexity index is 1250. The zero-order valence-corrected chi connectivity index (χ0v) is 17.7. The summed E-state index contributed by atoms with van der Waals surface area (Å²) in [6.45, 7) is 1.63. The van der Waals surface area contributed by atoms with E-state index in [-0.39, 0.29) is 23.3 Å². The first-order valence-electron chi connectivity index (χ1n) is 10.8. The summed E-state index contributed by atoms with van der Waals surface area (Å²) in [5.74, 6) is 0.350. The number of hydrogen-bond acceptors (Lipinski definition) is 6. The van der Waals surface area contributed by atoms with Crippen molar-refractivity contribution >= 4 is 11.5 Å². The second-order valence-corrected chi connectivity index (χ2v) is 8.96. The highest BCUT2D eigenvalue weighted by molar-refractivity contribution is 5.88. The summed E-state index contributed by atoms with van der Waals surface area (Å²) >= 11 is 0. The Hall–Kier alpha value is -3.26. The summed E-state index contributed by atoms with van der Waals surface area (Å²) in [7, 11) is 1.78. The van der Waals surface area contributed by atoms with Crippen molar-refractivity contribution in [2.24, 2.45) is 11.1 Å². The molecular formula is C24H23F2N5O. The molecule has 2 fully saturated rings. The van der Waals surface area contributed by atoms with Crippen LogP contribution in [0.15, 0.2) is 36.4 Å². The van der Waals surface area contributed by atoms with Crippen LogP contribution >= 0.6 is 0 Å². The van der Waals surface area contributed by atoms with Crippen molar-refractivity contribution < 1.29 is 13.5 Å². The molecule has 0 amide bonds. The summed E-state index contributed by atoms with van der Waals surface area (Å²) in [6, 6.07) is 9.32. The molecule has 32 heavy (non-hydrogen) atoms. The van der Waals surface area contributed by atoms with Gasteiger partial charge in [-0.1, -0.05) is 6.07 Å². The molecule has 1 unspecified atom stereocenters. The highest BCUT2D eigenvalue weighted by atomic mass is 19.1. The fourth-order valence-electron chi connectivity index (χ4n) is 5.15. The summed E-state index contributed by atoms with van der Waals surface area (Å²) in [6.07, 6.45) is 2.55. The number of rotatable bonds is 4. The van der Waals surface area contributed by atoms with E-state index in [2.05, 4.69) is 15.2 Å². The third-order valence-corrected chi connectivity index (χ3v) is 6.98. The summed E-state index contributed by atoms with van der Waals surface area (Å²) in [5.41, 5.74) is 10.5. The van der Waals surface area contributed by atoms with Gasteiger partial charge in [0.15, 0.2) is 0 Å². The Balaban J connectivity index is 1.47. The molecule has 1 aromatic heterocycles. The molecule has 1 aliphatic heterocycles. The topological polar surface area (TPSA) is 76.3 Å².